The molecule has 0 aliphatic heterocycles. The van der Waals surface area contributed by atoms with Crippen molar-refractivity contribution in [2.24, 2.45) is 0 Å². The number of halogens is 1. The standard InChI is InChI=1S/C17H27BrN2O2/c1-5-6-15(12-20-16(21)22-17(2,3)4)19-11-13-7-9-14(18)10-8-13/h7-10,15,19H,5-6,11-12H2,1-4H3,(H,20,21). The van der Waals surface area contributed by atoms with Gasteiger partial charge in [0, 0.05) is 23.6 Å². The second-order valence-corrected chi connectivity index (χ2v) is 7.29. The summed E-state index contributed by atoms with van der Waals surface area (Å²) in [5.41, 5.74) is 0.761. The second-order valence-electron chi connectivity index (χ2n) is 6.38. The fraction of sp³-hybridized carbons (Fsp3) is 0.588. The van der Waals surface area contributed by atoms with Gasteiger partial charge in [0.25, 0.3) is 0 Å². The molecule has 1 amide bonds. The summed E-state index contributed by atoms with van der Waals surface area (Å²) in [6.45, 7) is 9.08. The molecule has 0 heterocycles. The van der Waals surface area contributed by atoms with Gasteiger partial charge in [-0.3, -0.25) is 0 Å². The van der Waals surface area contributed by atoms with E-state index in [9.17, 15) is 4.79 Å². The lowest BCUT2D eigenvalue weighted by Crippen LogP contribution is -2.42. The van der Waals surface area contributed by atoms with E-state index in [4.69, 9.17) is 4.74 Å². The first-order chi connectivity index (χ1) is 10.3. The van der Waals surface area contributed by atoms with Crippen LogP contribution in [-0.4, -0.2) is 24.3 Å². The highest BCUT2D eigenvalue weighted by Crippen LogP contribution is 2.11. The molecule has 4 nitrogen and oxygen atoms in total. The van der Waals surface area contributed by atoms with Crippen LogP contribution in [0.15, 0.2) is 28.7 Å². The lowest BCUT2D eigenvalue weighted by Gasteiger charge is -2.22. The van der Waals surface area contributed by atoms with Crippen molar-refractivity contribution in [3.63, 3.8) is 0 Å². The maximum Gasteiger partial charge on any atom is 0.407 e. The first-order valence-corrected chi connectivity index (χ1v) is 8.54. The smallest absolute Gasteiger partial charge is 0.407 e. The van der Waals surface area contributed by atoms with Gasteiger partial charge in [-0.15, -0.1) is 0 Å². The number of alkyl carbamates (subject to hydrolysis) is 1. The minimum Gasteiger partial charge on any atom is -0.444 e. The van der Waals surface area contributed by atoms with E-state index in [1.54, 1.807) is 0 Å². The molecule has 22 heavy (non-hydrogen) atoms. The van der Waals surface area contributed by atoms with Crippen LogP contribution in [0, 0.1) is 0 Å². The molecule has 2 N–H and O–H groups in total. The van der Waals surface area contributed by atoms with Gasteiger partial charge in [-0.1, -0.05) is 41.4 Å². The minimum absolute atomic E-state index is 0.237. The van der Waals surface area contributed by atoms with Crippen molar-refractivity contribution in [3.05, 3.63) is 34.3 Å². The molecule has 1 aromatic carbocycles. The lowest BCUT2D eigenvalue weighted by molar-refractivity contribution is 0.0521. The van der Waals surface area contributed by atoms with Crippen LogP contribution in [0.4, 0.5) is 4.79 Å². The van der Waals surface area contributed by atoms with Crippen molar-refractivity contribution in [2.45, 2.75) is 58.7 Å². The maximum absolute atomic E-state index is 11.7. The molecule has 1 rings (SSSR count). The van der Waals surface area contributed by atoms with Crippen LogP contribution < -0.4 is 10.6 Å². The Morgan fingerprint density at radius 3 is 2.45 bits per heavy atom. The number of amides is 1. The highest BCUT2D eigenvalue weighted by atomic mass is 79.9. The highest BCUT2D eigenvalue weighted by Gasteiger charge is 2.17. The van der Waals surface area contributed by atoms with Gasteiger partial charge in [0.05, 0.1) is 0 Å². The Hall–Kier alpha value is -1.07. The third-order valence-electron chi connectivity index (χ3n) is 3.04. The van der Waals surface area contributed by atoms with E-state index in [2.05, 4.69) is 45.6 Å². The van der Waals surface area contributed by atoms with Gasteiger partial charge >= 0.3 is 6.09 Å². The molecule has 0 radical (unpaired) electrons. The van der Waals surface area contributed by atoms with E-state index < -0.39 is 5.60 Å². The van der Waals surface area contributed by atoms with Crippen molar-refractivity contribution >= 4 is 22.0 Å². The van der Waals surface area contributed by atoms with Gasteiger partial charge in [0.2, 0.25) is 0 Å². The number of nitrogens with one attached hydrogen (secondary N) is 2. The van der Waals surface area contributed by atoms with E-state index in [0.717, 1.165) is 23.9 Å². The van der Waals surface area contributed by atoms with Crippen molar-refractivity contribution in [3.8, 4) is 0 Å². The predicted molar refractivity (Wildman–Crippen MR) is 93.9 cm³/mol. The second kappa shape index (κ2) is 9.16. The summed E-state index contributed by atoms with van der Waals surface area (Å²) >= 11 is 3.43. The summed E-state index contributed by atoms with van der Waals surface area (Å²) in [6.07, 6.45) is 1.71. The molecule has 0 fully saturated rings. The van der Waals surface area contributed by atoms with Crippen LogP contribution in [0.3, 0.4) is 0 Å². The van der Waals surface area contributed by atoms with Crippen LogP contribution in [0.25, 0.3) is 0 Å². The maximum atomic E-state index is 11.7. The van der Waals surface area contributed by atoms with E-state index in [1.807, 2.05) is 32.9 Å². The number of carbonyl (C=O) groups is 1. The Kier molecular flexibility index (Phi) is 7.90. The average molecular weight is 371 g/mol. The summed E-state index contributed by atoms with van der Waals surface area (Å²) in [6, 6.07) is 8.47. The lowest BCUT2D eigenvalue weighted by atomic mass is 10.1. The van der Waals surface area contributed by atoms with Gasteiger partial charge in [-0.25, -0.2) is 4.79 Å². The fourth-order valence-electron chi connectivity index (χ4n) is 2.01. The summed E-state index contributed by atoms with van der Waals surface area (Å²) in [7, 11) is 0. The van der Waals surface area contributed by atoms with E-state index >= 15 is 0 Å². The number of rotatable bonds is 7. The highest BCUT2D eigenvalue weighted by molar-refractivity contribution is 9.10. The normalized spacial score (nSPS) is 12.8. The Bertz CT molecular complexity index is 455. The van der Waals surface area contributed by atoms with Gasteiger partial charge in [-0.05, 0) is 44.9 Å². The molecule has 1 unspecified atom stereocenters. The van der Waals surface area contributed by atoms with Crippen LogP contribution in [0.5, 0.6) is 0 Å². The zero-order valence-corrected chi connectivity index (χ0v) is 15.5. The average Bonchev–Trinajstić information content (AvgIpc) is 2.42. The number of ether oxygens (including phenoxy) is 1. The summed E-state index contributed by atoms with van der Waals surface area (Å²) in [4.78, 5) is 11.7. The van der Waals surface area contributed by atoms with Crippen LogP contribution in [-0.2, 0) is 11.3 Å². The number of carbonyl (C=O) groups excluding carboxylic acids is 1. The van der Waals surface area contributed by atoms with Crippen molar-refractivity contribution < 1.29 is 9.53 Å². The molecule has 0 spiro atoms. The minimum atomic E-state index is -0.463. The van der Waals surface area contributed by atoms with Crippen molar-refractivity contribution in [1.29, 1.82) is 0 Å². The molecule has 1 atom stereocenters. The van der Waals surface area contributed by atoms with E-state index in [-0.39, 0.29) is 12.1 Å². The summed E-state index contributed by atoms with van der Waals surface area (Å²) in [5.74, 6) is 0. The first kappa shape index (κ1) is 19.0. The van der Waals surface area contributed by atoms with Gasteiger partial charge < -0.3 is 15.4 Å². The van der Waals surface area contributed by atoms with Crippen molar-refractivity contribution in [1.82, 2.24) is 10.6 Å². The zero-order valence-electron chi connectivity index (χ0n) is 13.9. The zero-order chi connectivity index (χ0) is 16.6. The van der Waals surface area contributed by atoms with Crippen LogP contribution in [0.1, 0.15) is 46.1 Å². The Labute approximate surface area is 142 Å². The molecule has 0 aromatic heterocycles. The topological polar surface area (TPSA) is 50.4 Å². The van der Waals surface area contributed by atoms with Crippen LogP contribution in [0.2, 0.25) is 0 Å². The molecular formula is C17H27BrN2O2. The number of benzene rings is 1. The summed E-state index contributed by atoms with van der Waals surface area (Å²) < 4.78 is 6.34. The Morgan fingerprint density at radius 1 is 1.27 bits per heavy atom. The van der Waals surface area contributed by atoms with E-state index in [1.165, 1.54) is 5.56 Å². The third kappa shape index (κ3) is 8.39. The monoisotopic (exact) mass is 370 g/mol. The Balaban J connectivity index is 2.41. The third-order valence-corrected chi connectivity index (χ3v) is 3.57. The van der Waals surface area contributed by atoms with E-state index in [0.29, 0.717) is 6.54 Å². The first-order valence-electron chi connectivity index (χ1n) is 7.75. The van der Waals surface area contributed by atoms with Crippen molar-refractivity contribution in [2.75, 3.05) is 6.54 Å². The quantitative estimate of drug-likeness (QED) is 0.754. The SMILES string of the molecule is CCCC(CNC(=O)OC(C)(C)C)NCc1ccc(Br)cc1. The predicted octanol–water partition coefficient (Wildman–Crippen LogP) is 4.23. The van der Waals surface area contributed by atoms with Gasteiger partial charge in [0.1, 0.15) is 5.60 Å². The largest absolute Gasteiger partial charge is 0.444 e. The van der Waals surface area contributed by atoms with Gasteiger partial charge in [0.15, 0.2) is 0 Å². The molecule has 0 saturated heterocycles. The van der Waals surface area contributed by atoms with Crippen LogP contribution >= 0.6 is 15.9 Å². The fourth-order valence-corrected chi connectivity index (χ4v) is 2.27. The molecule has 0 aliphatic carbocycles. The summed E-state index contributed by atoms with van der Waals surface area (Å²) in [5, 5.41) is 6.33. The molecule has 5 heteroatoms. The molecular weight excluding hydrogens is 344 g/mol. The number of hydrogen-bond acceptors (Lipinski definition) is 3. The van der Waals surface area contributed by atoms with Gasteiger partial charge in [-0.2, -0.15) is 0 Å². The molecule has 1 aromatic rings. The molecule has 0 bridgehead atoms. The molecule has 0 aliphatic rings. The molecule has 124 valence electrons. The number of hydrogen-bond donors (Lipinski definition) is 2. The Morgan fingerprint density at radius 2 is 1.91 bits per heavy atom. The molecule has 0 saturated carbocycles.